The lowest BCUT2D eigenvalue weighted by molar-refractivity contribution is -0.161. The standard InChI is InChI=1S/C27H37ClN4O3Si/c1-26(2,3)36(6,7)33-15-17-13-19(22-21(17)34-27(4,5)35-22)32-14-18(16-11-9-8-10-12-16)20-23(29)30-25(28)31-24(20)32/h8-12,14,17,19,21-22H,13,15H2,1-7H3,(H2,29,30,31)/t17-,19-,21-,22+/m1/s1. The summed E-state index contributed by atoms with van der Waals surface area (Å²) in [4.78, 5) is 8.90. The Morgan fingerprint density at radius 1 is 1.14 bits per heavy atom. The first-order chi connectivity index (χ1) is 16.8. The molecule has 2 fully saturated rings. The van der Waals surface area contributed by atoms with Crippen molar-refractivity contribution in [3.63, 3.8) is 0 Å². The van der Waals surface area contributed by atoms with Crippen LogP contribution >= 0.6 is 11.6 Å². The average molecular weight is 529 g/mol. The van der Waals surface area contributed by atoms with Gasteiger partial charge in [-0.15, -0.1) is 0 Å². The highest BCUT2D eigenvalue weighted by Crippen LogP contribution is 2.49. The molecule has 36 heavy (non-hydrogen) atoms. The lowest BCUT2D eigenvalue weighted by Gasteiger charge is -2.37. The second-order valence-corrected chi connectivity index (χ2v) is 17.2. The number of halogens is 1. The van der Waals surface area contributed by atoms with Crippen molar-refractivity contribution in [2.24, 2.45) is 5.92 Å². The largest absolute Gasteiger partial charge is 0.416 e. The first-order valence-corrected chi connectivity index (χ1v) is 15.9. The van der Waals surface area contributed by atoms with E-state index in [4.69, 9.17) is 31.2 Å². The van der Waals surface area contributed by atoms with E-state index >= 15 is 0 Å². The van der Waals surface area contributed by atoms with E-state index in [1.54, 1.807) is 0 Å². The highest BCUT2D eigenvalue weighted by atomic mass is 35.5. The fraction of sp³-hybridized carbons (Fsp3) is 0.556. The number of fused-ring (bicyclic) bond motifs is 2. The second-order valence-electron chi connectivity index (χ2n) is 12.1. The van der Waals surface area contributed by atoms with Gasteiger partial charge in [-0.1, -0.05) is 51.1 Å². The van der Waals surface area contributed by atoms with Crippen molar-refractivity contribution in [2.75, 3.05) is 12.3 Å². The van der Waals surface area contributed by atoms with E-state index in [1.807, 2.05) is 32.0 Å². The van der Waals surface area contributed by atoms with Crippen LogP contribution in [0.2, 0.25) is 23.4 Å². The summed E-state index contributed by atoms with van der Waals surface area (Å²) in [7, 11) is -1.91. The molecule has 5 rings (SSSR count). The maximum atomic E-state index is 6.67. The van der Waals surface area contributed by atoms with Gasteiger partial charge in [0.05, 0.1) is 17.5 Å². The predicted octanol–water partition coefficient (Wildman–Crippen LogP) is 6.44. The van der Waals surface area contributed by atoms with Crippen molar-refractivity contribution in [1.29, 1.82) is 0 Å². The van der Waals surface area contributed by atoms with Gasteiger partial charge in [0.25, 0.3) is 0 Å². The van der Waals surface area contributed by atoms with Gasteiger partial charge < -0.3 is 24.2 Å². The molecule has 0 radical (unpaired) electrons. The molecule has 2 aliphatic rings. The van der Waals surface area contributed by atoms with E-state index in [2.05, 4.69) is 66.7 Å². The van der Waals surface area contributed by atoms with Crippen LogP contribution in [0.15, 0.2) is 36.5 Å². The summed E-state index contributed by atoms with van der Waals surface area (Å²) < 4.78 is 21.8. The molecule has 1 aliphatic heterocycles. The number of hydrogen-bond donors (Lipinski definition) is 1. The molecule has 0 spiro atoms. The Kier molecular flexibility index (Phi) is 6.28. The predicted molar refractivity (Wildman–Crippen MR) is 147 cm³/mol. The van der Waals surface area contributed by atoms with Gasteiger partial charge in [-0.25, -0.2) is 4.98 Å². The van der Waals surface area contributed by atoms with E-state index < -0.39 is 14.1 Å². The summed E-state index contributed by atoms with van der Waals surface area (Å²) in [5.41, 5.74) is 9.15. The molecule has 9 heteroatoms. The van der Waals surface area contributed by atoms with Crippen LogP contribution in [0, 0.1) is 5.92 Å². The third-order valence-corrected chi connectivity index (χ3v) is 12.8. The molecule has 4 atom stereocenters. The van der Waals surface area contributed by atoms with Crippen molar-refractivity contribution < 1.29 is 13.9 Å². The normalized spacial score (nSPS) is 26.0. The number of nitrogens with zero attached hydrogens (tertiary/aromatic N) is 3. The zero-order valence-corrected chi connectivity index (χ0v) is 24.0. The number of ether oxygens (including phenoxy) is 2. The second kappa shape index (κ2) is 8.81. The van der Waals surface area contributed by atoms with Gasteiger partial charge in [0, 0.05) is 24.3 Å². The molecular weight excluding hydrogens is 492 g/mol. The molecule has 194 valence electrons. The molecule has 1 saturated heterocycles. The number of hydrogen-bond acceptors (Lipinski definition) is 6. The van der Waals surface area contributed by atoms with Gasteiger partial charge in [-0.05, 0) is 55.6 Å². The monoisotopic (exact) mass is 528 g/mol. The third-order valence-electron chi connectivity index (χ3n) is 8.13. The topological polar surface area (TPSA) is 84.4 Å². The fourth-order valence-corrected chi connectivity index (χ4v) is 6.50. The van der Waals surface area contributed by atoms with Gasteiger partial charge in [-0.2, -0.15) is 4.98 Å². The minimum absolute atomic E-state index is 0.00452. The Morgan fingerprint density at radius 2 is 1.81 bits per heavy atom. The van der Waals surface area contributed by atoms with Crippen LogP contribution in [0.4, 0.5) is 5.82 Å². The number of nitrogen functional groups attached to an aromatic ring is 1. The Morgan fingerprint density at radius 3 is 2.47 bits per heavy atom. The van der Waals surface area contributed by atoms with Crippen LogP contribution in [0.25, 0.3) is 22.2 Å². The number of nitrogens with two attached hydrogens (primary N) is 1. The van der Waals surface area contributed by atoms with E-state index in [-0.39, 0.29) is 34.5 Å². The smallest absolute Gasteiger partial charge is 0.226 e. The van der Waals surface area contributed by atoms with Crippen molar-refractivity contribution in [3.05, 3.63) is 41.8 Å². The van der Waals surface area contributed by atoms with Crippen LogP contribution in [-0.4, -0.2) is 47.5 Å². The molecule has 7 nitrogen and oxygen atoms in total. The summed E-state index contributed by atoms with van der Waals surface area (Å²) in [5, 5.41) is 1.08. The zero-order chi connectivity index (χ0) is 26.0. The molecule has 0 unspecified atom stereocenters. The molecule has 1 aliphatic carbocycles. The van der Waals surface area contributed by atoms with E-state index in [9.17, 15) is 0 Å². The fourth-order valence-electron chi connectivity index (χ4n) is 5.26. The highest BCUT2D eigenvalue weighted by molar-refractivity contribution is 6.74. The van der Waals surface area contributed by atoms with Gasteiger partial charge in [0.2, 0.25) is 5.28 Å². The number of aromatic nitrogens is 3. The van der Waals surface area contributed by atoms with Crippen LogP contribution in [-0.2, 0) is 13.9 Å². The number of rotatable bonds is 5. The Balaban J connectivity index is 1.56. The van der Waals surface area contributed by atoms with Crippen LogP contribution < -0.4 is 5.73 Å². The van der Waals surface area contributed by atoms with Gasteiger partial charge in [0.1, 0.15) is 17.6 Å². The van der Waals surface area contributed by atoms with Gasteiger partial charge >= 0.3 is 0 Å². The molecule has 2 aromatic heterocycles. The van der Waals surface area contributed by atoms with Crippen LogP contribution in [0.5, 0.6) is 0 Å². The molecule has 3 aromatic rings. The lowest BCUT2D eigenvalue weighted by atomic mass is 10.1. The number of anilines is 1. The maximum Gasteiger partial charge on any atom is 0.226 e. The Hall–Kier alpha value is -1.97. The molecule has 2 N–H and O–H groups in total. The summed E-state index contributed by atoms with van der Waals surface area (Å²) in [6.45, 7) is 16.0. The van der Waals surface area contributed by atoms with Gasteiger partial charge in [0.15, 0.2) is 14.1 Å². The SMILES string of the molecule is CC1(C)O[C@@H]2[C@@H](CO[Si](C)(C)C(C)(C)C)C[C@@H](n3cc(-c4ccccc4)c4c(N)nc(Cl)nc43)[C@@H]2O1. The molecule has 0 bridgehead atoms. The summed E-state index contributed by atoms with van der Waals surface area (Å²) in [6.07, 6.45) is 2.76. The summed E-state index contributed by atoms with van der Waals surface area (Å²) >= 11 is 6.30. The minimum Gasteiger partial charge on any atom is -0.416 e. The van der Waals surface area contributed by atoms with Crippen molar-refractivity contribution >= 4 is 36.8 Å². The zero-order valence-electron chi connectivity index (χ0n) is 22.2. The Bertz CT molecular complexity index is 1270. The first-order valence-electron chi connectivity index (χ1n) is 12.7. The minimum atomic E-state index is -1.91. The highest BCUT2D eigenvalue weighted by Gasteiger charge is 2.55. The van der Waals surface area contributed by atoms with Gasteiger partial charge in [-0.3, -0.25) is 0 Å². The lowest BCUT2D eigenvalue weighted by Crippen LogP contribution is -2.43. The van der Waals surface area contributed by atoms with Crippen LogP contribution in [0.1, 0.15) is 47.1 Å². The molecule has 1 aromatic carbocycles. The van der Waals surface area contributed by atoms with Crippen molar-refractivity contribution in [2.45, 2.75) is 83.2 Å². The van der Waals surface area contributed by atoms with Crippen LogP contribution in [0.3, 0.4) is 0 Å². The van der Waals surface area contributed by atoms with Crippen molar-refractivity contribution in [1.82, 2.24) is 14.5 Å². The first kappa shape index (κ1) is 25.7. The average Bonchev–Trinajstić information content (AvgIpc) is 3.41. The van der Waals surface area contributed by atoms with E-state index in [1.165, 1.54) is 0 Å². The Labute approximate surface area is 219 Å². The maximum absolute atomic E-state index is 6.67. The molecule has 1 saturated carbocycles. The molecular formula is C27H37ClN4O3Si. The number of benzene rings is 1. The van der Waals surface area contributed by atoms with E-state index in [0.29, 0.717) is 12.4 Å². The summed E-state index contributed by atoms with van der Waals surface area (Å²) in [5.74, 6) is -0.0952. The summed E-state index contributed by atoms with van der Waals surface area (Å²) in [6, 6.07) is 10.2. The molecule has 3 heterocycles. The molecule has 0 amide bonds. The quantitative estimate of drug-likeness (QED) is 0.303. The third kappa shape index (κ3) is 4.47. The van der Waals surface area contributed by atoms with E-state index in [0.717, 1.165) is 28.6 Å². The van der Waals surface area contributed by atoms with Crippen molar-refractivity contribution in [3.8, 4) is 11.1 Å².